The standard InChI is InChI=1S/C14H12ClFN2S/c1-9-4-2-5-10(8-9)17-14(19)18-12-7-3-6-11(15)13(12)16/h2-8H,1H3,(H2,17,18,19). The Labute approximate surface area is 121 Å². The number of hydrogen-bond donors (Lipinski definition) is 2. The fourth-order valence-electron chi connectivity index (χ4n) is 1.61. The third-order valence-corrected chi connectivity index (χ3v) is 2.97. The first-order chi connectivity index (χ1) is 9.06. The van der Waals surface area contributed by atoms with Gasteiger partial charge in [-0.25, -0.2) is 4.39 Å². The van der Waals surface area contributed by atoms with Crippen molar-refractivity contribution in [3.05, 3.63) is 58.9 Å². The van der Waals surface area contributed by atoms with E-state index in [1.807, 2.05) is 31.2 Å². The van der Waals surface area contributed by atoms with Crippen molar-refractivity contribution in [3.8, 4) is 0 Å². The molecule has 0 unspecified atom stereocenters. The van der Waals surface area contributed by atoms with Gasteiger partial charge in [-0.05, 0) is 49.0 Å². The smallest absolute Gasteiger partial charge is 0.175 e. The van der Waals surface area contributed by atoms with E-state index in [-0.39, 0.29) is 10.7 Å². The summed E-state index contributed by atoms with van der Waals surface area (Å²) < 4.78 is 13.7. The highest BCUT2D eigenvalue weighted by Crippen LogP contribution is 2.22. The van der Waals surface area contributed by atoms with E-state index in [0.29, 0.717) is 5.11 Å². The van der Waals surface area contributed by atoms with Crippen molar-refractivity contribution in [1.82, 2.24) is 0 Å². The van der Waals surface area contributed by atoms with Crippen molar-refractivity contribution in [2.75, 3.05) is 10.6 Å². The average Bonchev–Trinajstić information content (AvgIpc) is 2.35. The molecule has 98 valence electrons. The Kier molecular flexibility index (Phi) is 4.35. The maximum Gasteiger partial charge on any atom is 0.175 e. The van der Waals surface area contributed by atoms with E-state index in [9.17, 15) is 4.39 Å². The molecule has 0 bridgehead atoms. The van der Waals surface area contributed by atoms with E-state index in [2.05, 4.69) is 10.6 Å². The van der Waals surface area contributed by atoms with E-state index in [4.69, 9.17) is 23.8 Å². The molecule has 0 aromatic heterocycles. The molecule has 0 aliphatic carbocycles. The molecule has 0 saturated heterocycles. The molecule has 0 aliphatic rings. The monoisotopic (exact) mass is 294 g/mol. The van der Waals surface area contributed by atoms with E-state index < -0.39 is 5.82 Å². The lowest BCUT2D eigenvalue weighted by atomic mass is 10.2. The van der Waals surface area contributed by atoms with Crippen LogP contribution in [0.3, 0.4) is 0 Å². The first kappa shape index (κ1) is 13.8. The summed E-state index contributed by atoms with van der Waals surface area (Å²) in [6.45, 7) is 1.98. The number of anilines is 2. The van der Waals surface area contributed by atoms with E-state index in [0.717, 1.165) is 11.3 Å². The average molecular weight is 295 g/mol. The summed E-state index contributed by atoms with van der Waals surface area (Å²) in [5, 5.41) is 6.14. The fraction of sp³-hybridized carbons (Fsp3) is 0.0714. The molecule has 2 aromatic carbocycles. The Hall–Kier alpha value is -1.65. The van der Waals surface area contributed by atoms with Crippen molar-refractivity contribution in [1.29, 1.82) is 0 Å². The minimum absolute atomic E-state index is 0.0587. The van der Waals surface area contributed by atoms with Crippen LogP contribution >= 0.6 is 23.8 Å². The van der Waals surface area contributed by atoms with Gasteiger partial charge in [-0.1, -0.05) is 29.8 Å². The van der Waals surface area contributed by atoms with E-state index >= 15 is 0 Å². The fourth-order valence-corrected chi connectivity index (χ4v) is 2.01. The van der Waals surface area contributed by atoms with Crippen LogP contribution in [-0.2, 0) is 0 Å². The predicted octanol–water partition coefficient (Wildman–Crippen LogP) is 4.60. The highest BCUT2D eigenvalue weighted by Gasteiger charge is 2.07. The first-order valence-electron chi connectivity index (χ1n) is 5.65. The highest BCUT2D eigenvalue weighted by atomic mass is 35.5. The lowest BCUT2D eigenvalue weighted by Gasteiger charge is -2.12. The number of benzene rings is 2. The second-order valence-electron chi connectivity index (χ2n) is 4.05. The molecule has 0 amide bonds. The molecule has 19 heavy (non-hydrogen) atoms. The lowest BCUT2D eigenvalue weighted by molar-refractivity contribution is 0.632. The number of hydrogen-bond acceptors (Lipinski definition) is 1. The van der Waals surface area contributed by atoms with Gasteiger partial charge in [0.1, 0.15) is 0 Å². The Morgan fingerprint density at radius 2 is 1.89 bits per heavy atom. The van der Waals surface area contributed by atoms with Gasteiger partial charge in [0.15, 0.2) is 10.9 Å². The SMILES string of the molecule is Cc1cccc(NC(=S)Nc2cccc(Cl)c2F)c1. The summed E-state index contributed by atoms with van der Waals surface area (Å²) in [6, 6.07) is 12.4. The first-order valence-corrected chi connectivity index (χ1v) is 6.43. The second kappa shape index (κ2) is 5.99. The van der Waals surface area contributed by atoms with Gasteiger partial charge in [-0.2, -0.15) is 0 Å². The molecular weight excluding hydrogens is 283 g/mol. The summed E-state index contributed by atoms with van der Waals surface area (Å²) >= 11 is 10.8. The molecule has 2 nitrogen and oxygen atoms in total. The van der Waals surface area contributed by atoms with Crippen molar-refractivity contribution >= 4 is 40.3 Å². The number of aryl methyl sites for hydroxylation is 1. The summed E-state index contributed by atoms with van der Waals surface area (Å²) in [5.41, 5.74) is 2.21. The third kappa shape index (κ3) is 3.66. The number of halogens is 2. The maximum absolute atomic E-state index is 13.7. The molecule has 0 heterocycles. The van der Waals surface area contributed by atoms with Crippen molar-refractivity contribution in [2.45, 2.75) is 6.92 Å². The zero-order chi connectivity index (χ0) is 13.8. The minimum atomic E-state index is -0.516. The summed E-state index contributed by atoms with van der Waals surface area (Å²) in [5.74, 6) is -0.516. The Balaban J connectivity index is 2.08. The Morgan fingerprint density at radius 3 is 2.63 bits per heavy atom. The Bertz CT molecular complexity index is 616. The van der Waals surface area contributed by atoms with Crippen LogP contribution in [0, 0.1) is 12.7 Å². The van der Waals surface area contributed by atoms with Gasteiger partial charge in [-0.3, -0.25) is 0 Å². The van der Waals surface area contributed by atoms with Gasteiger partial charge >= 0.3 is 0 Å². The van der Waals surface area contributed by atoms with E-state index in [1.54, 1.807) is 12.1 Å². The maximum atomic E-state index is 13.7. The van der Waals surface area contributed by atoms with Crippen LogP contribution in [0.5, 0.6) is 0 Å². The molecule has 2 N–H and O–H groups in total. The molecule has 5 heteroatoms. The van der Waals surface area contributed by atoms with Gasteiger partial charge in [0.2, 0.25) is 0 Å². The second-order valence-corrected chi connectivity index (χ2v) is 4.87. The molecular formula is C14H12ClFN2S. The highest BCUT2D eigenvalue weighted by molar-refractivity contribution is 7.80. The van der Waals surface area contributed by atoms with Crippen LogP contribution < -0.4 is 10.6 Å². The molecule has 0 fully saturated rings. The Morgan fingerprint density at radius 1 is 1.16 bits per heavy atom. The minimum Gasteiger partial charge on any atom is -0.332 e. The number of nitrogens with one attached hydrogen (secondary N) is 2. The predicted molar refractivity (Wildman–Crippen MR) is 82.4 cm³/mol. The van der Waals surface area contributed by atoms with Crippen LogP contribution in [0.15, 0.2) is 42.5 Å². The number of thiocarbonyl (C=S) groups is 1. The third-order valence-electron chi connectivity index (χ3n) is 2.48. The van der Waals surface area contributed by atoms with Gasteiger partial charge in [0.05, 0.1) is 10.7 Å². The van der Waals surface area contributed by atoms with Crippen LogP contribution in [0.2, 0.25) is 5.02 Å². The quantitative estimate of drug-likeness (QED) is 0.792. The molecule has 0 aliphatic heterocycles. The molecule has 2 aromatic rings. The van der Waals surface area contributed by atoms with Crippen molar-refractivity contribution < 1.29 is 4.39 Å². The molecule has 0 radical (unpaired) electrons. The van der Waals surface area contributed by atoms with E-state index in [1.165, 1.54) is 6.07 Å². The molecule has 0 saturated carbocycles. The molecule has 0 atom stereocenters. The van der Waals surface area contributed by atoms with Crippen molar-refractivity contribution in [3.63, 3.8) is 0 Å². The summed E-state index contributed by atoms with van der Waals surface area (Å²) in [6.07, 6.45) is 0. The lowest BCUT2D eigenvalue weighted by Crippen LogP contribution is -2.19. The molecule has 2 rings (SSSR count). The van der Waals surface area contributed by atoms with Crippen LogP contribution in [0.25, 0.3) is 0 Å². The normalized spacial score (nSPS) is 10.1. The zero-order valence-corrected chi connectivity index (χ0v) is 11.8. The van der Waals surface area contributed by atoms with Gasteiger partial charge in [0, 0.05) is 5.69 Å². The van der Waals surface area contributed by atoms with Crippen LogP contribution in [0.4, 0.5) is 15.8 Å². The summed E-state index contributed by atoms with van der Waals surface area (Å²) in [7, 11) is 0. The number of rotatable bonds is 2. The van der Waals surface area contributed by atoms with Gasteiger partial charge in [-0.15, -0.1) is 0 Å². The largest absolute Gasteiger partial charge is 0.332 e. The van der Waals surface area contributed by atoms with Gasteiger partial charge in [0.25, 0.3) is 0 Å². The van der Waals surface area contributed by atoms with Crippen LogP contribution in [-0.4, -0.2) is 5.11 Å². The zero-order valence-electron chi connectivity index (χ0n) is 10.2. The summed E-state index contributed by atoms with van der Waals surface area (Å²) in [4.78, 5) is 0. The van der Waals surface area contributed by atoms with Gasteiger partial charge < -0.3 is 10.6 Å². The molecule has 0 spiro atoms. The van der Waals surface area contributed by atoms with Crippen molar-refractivity contribution in [2.24, 2.45) is 0 Å². The van der Waals surface area contributed by atoms with Crippen LogP contribution in [0.1, 0.15) is 5.56 Å². The topological polar surface area (TPSA) is 24.1 Å².